The van der Waals surface area contributed by atoms with Crippen molar-refractivity contribution < 1.29 is 4.79 Å². The standard InChI is InChI=1S/C13H16N2OS2/c16-12-11-4-2-1-3-9(11)7-10-8-14(13(17)18)5-6-15(10)12/h1-4,10,13,17-18H,5-8H2. The van der Waals surface area contributed by atoms with E-state index in [0.717, 1.165) is 31.6 Å². The number of hydrogen-bond donors (Lipinski definition) is 2. The number of rotatable bonds is 1. The lowest BCUT2D eigenvalue weighted by atomic mass is 9.92. The van der Waals surface area contributed by atoms with Crippen LogP contribution in [0.2, 0.25) is 0 Å². The first kappa shape index (κ1) is 12.4. The Morgan fingerprint density at radius 3 is 2.78 bits per heavy atom. The highest BCUT2D eigenvalue weighted by molar-refractivity contribution is 7.99. The minimum atomic E-state index is -0.0422. The molecule has 0 aliphatic carbocycles. The van der Waals surface area contributed by atoms with Crippen LogP contribution in [0.4, 0.5) is 0 Å². The number of carbonyl (C=O) groups is 1. The summed E-state index contributed by atoms with van der Waals surface area (Å²) in [5.74, 6) is 0.177. The zero-order valence-electron chi connectivity index (χ0n) is 9.99. The molecule has 18 heavy (non-hydrogen) atoms. The molecule has 2 aliphatic heterocycles. The maximum atomic E-state index is 12.4. The molecule has 3 nitrogen and oxygen atoms in total. The molecule has 1 aromatic carbocycles. The van der Waals surface area contributed by atoms with Gasteiger partial charge in [-0.25, -0.2) is 0 Å². The van der Waals surface area contributed by atoms with E-state index in [2.05, 4.69) is 36.2 Å². The summed E-state index contributed by atoms with van der Waals surface area (Å²) in [5, 5.41) is 0. The molecule has 1 aromatic rings. The largest absolute Gasteiger partial charge is 0.333 e. The van der Waals surface area contributed by atoms with Gasteiger partial charge in [0.25, 0.3) is 5.91 Å². The fraction of sp³-hybridized carbons (Fsp3) is 0.462. The highest BCUT2D eigenvalue weighted by Crippen LogP contribution is 2.27. The van der Waals surface area contributed by atoms with Gasteiger partial charge < -0.3 is 4.90 Å². The summed E-state index contributed by atoms with van der Waals surface area (Å²) in [6.07, 6.45) is 0.937. The molecule has 3 rings (SSSR count). The van der Waals surface area contributed by atoms with E-state index in [0.29, 0.717) is 0 Å². The number of nitrogens with zero attached hydrogens (tertiary/aromatic N) is 2. The minimum absolute atomic E-state index is 0.0422. The van der Waals surface area contributed by atoms with Gasteiger partial charge in [0.1, 0.15) is 0 Å². The van der Waals surface area contributed by atoms with Gasteiger partial charge in [-0.05, 0) is 18.1 Å². The van der Waals surface area contributed by atoms with Crippen LogP contribution < -0.4 is 0 Å². The first-order valence-electron chi connectivity index (χ1n) is 6.16. The number of thiol groups is 2. The van der Waals surface area contributed by atoms with Gasteiger partial charge in [0, 0.05) is 31.2 Å². The molecule has 1 amide bonds. The molecular weight excluding hydrogens is 264 g/mol. The predicted octanol–water partition coefficient (Wildman–Crippen LogP) is 1.51. The van der Waals surface area contributed by atoms with E-state index in [4.69, 9.17) is 0 Å². The predicted molar refractivity (Wildman–Crippen MR) is 78.3 cm³/mol. The second kappa shape index (κ2) is 4.79. The first-order valence-corrected chi connectivity index (χ1v) is 7.19. The molecule has 2 aliphatic rings. The average Bonchev–Trinajstić information content (AvgIpc) is 2.38. The fourth-order valence-electron chi connectivity index (χ4n) is 2.85. The molecule has 1 fully saturated rings. The van der Waals surface area contributed by atoms with Crippen molar-refractivity contribution in [2.24, 2.45) is 0 Å². The third-order valence-corrected chi connectivity index (χ3v) is 4.46. The normalized spacial score (nSPS) is 24.1. The number of carbonyl (C=O) groups excluding carboxylic acids is 1. The molecule has 0 N–H and O–H groups in total. The van der Waals surface area contributed by atoms with Crippen molar-refractivity contribution in [3.8, 4) is 0 Å². The number of benzene rings is 1. The van der Waals surface area contributed by atoms with E-state index in [1.165, 1.54) is 5.56 Å². The van der Waals surface area contributed by atoms with Crippen molar-refractivity contribution in [2.75, 3.05) is 19.6 Å². The lowest BCUT2D eigenvalue weighted by Gasteiger charge is -2.45. The second-order valence-electron chi connectivity index (χ2n) is 4.85. The molecule has 0 radical (unpaired) electrons. The van der Waals surface area contributed by atoms with Crippen LogP contribution in [0.1, 0.15) is 15.9 Å². The maximum absolute atomic E-state index is 12.4. The number of piperazine rings is 1. The molecular formula is C13H16N2OS2. The Balaban J connectivity index is 1.88. The summed E-state index contributed by atoms with van der Waals surface area (Å²) in [7, 11) is 0. The molecule has 1 unspecified atom stereocenters. The molecule has 0 bridgehead atoms. The van der Waals surface area contributed by atoms with Gasteiger partial charge in [-0.3, -0.25) is 9.69 Å². The van der Waals surface area contributed by atoms with Crippen molar-refractivity contribution in [1.82, 2.24) is 9.80 Å². The van der Waals surface area contributed by atoms with Crippen molar-refractivity contribution in [3.63, 3.8) is 0 Å². The zero-order valence-corrected chi connectivity index (χ0v) is 11.8. The Morgan fingerprint density at radius 2 is 2.00 bits per heavy atom. The van der Waals surface area contributed by atoms with Crippen LogP contribution in [0.3, 0.4) is 0 Å². The molecule has 5 heteroatoms. The van der Waals surface area contributed by atoms with Crippen molar-refractivity contribution in [1.29, 1.82) is 0 Å². The van der Waals surface area contributed by atoms with E-state index >= 15 is 0 Å². The summed E-state index contributed by atoms with van der Waals surface area (Å²) in [4.78, 5) is 16.6. The Hall–Kier alpha value is -0.650. The van der Waals surface area contributed by atoms with Crippen LogP contribution >= 0.6 is 25.3 Å². The van der Waals surface area contributed by atoms with Gasteiger partial charge >= 0.3 is 0 Å². The summed E-state index contributed by atoms with van der Waals surface area (Å²) < 4.78 is -0.0422. The lowest BCUT2D eigenvalue weighted by Crippen LogP contribution is -2.58. The average molecular weight is 280 g/mol. The molecule has 2 heterocycles. The number of amides is 1. The quantitative estimate of drug-likeness (QED) is 0.602. The van der Waals surface area contributed by atoms with Crippen LogP contribution in [-0.2, 0) is 6.42 Å². The highest BCUT2D eigenvalue weighted by atomic mass is 32.2. The first-order chi connectivity index (χ1) is 8.66. The third-order valence-electron chi connectivity index (χ3n) is 3.80. The van der Waals surface area contributed by atoms with Gasteiger partial charge in [-0.1, -0.05) is 18.2 Å². The Morgan fingerprint density at radius 1 is 1.22 bits per heavy atom. The highest BCUT2D eigenvalue weighted by Gasteiger charge is 2.36. The molecule has 0 saturated carbocycles. The van der Waals surface area contributed by atoms with E-state index in [-0.39, 0.29) is 16.7 Å². The van der Waals surface area contributed by atoms with Crippen molar-refractivity contribution in [2.45, 2.75) is 17.2 Å². The zero-order chi connectivity index (χ0) is 12.7. The van der Waals surface area contributed by atoms with Gasteiger partial charge in [0.05, 0.1) is 4.71 Å². The maximum Gasteiger partial charge on any atom is 0.254 e. The van der Waals surface area contributed by atoms with E-state index in [9.17, 15) is 4.79 Å². The van der Waals surface area contributed by atoms with Gasteiger partial charge in [-0.2, -0.15) is 0 Å². The third kappa shape index (κ3) is 2.04. The van der Waals surface area contributed by atoms with Gasteiger partial charge in [-0.15, -0.1) is 25.3 Å². The SMILES string of the molecule is O=C1c2ccccc2CC2CN(C(S)S)CCN12. The summed E-state index contributed by atoms with van der Waals surface area (Å²) in [6, 6.07) is 8.19. The minimum Gasteiger partial charge on any atom is -0.333 e. The second-order valence-corrected chi connectivity index (χ2v) is 6.24. The Labute approximate surface area is 118 Å². The molecule has 1 saturated heterocycles. The van der Waals surface area contributed by atoms with Crippen LogP contribution in [0.25, 0.3) is 0 Å². The van der Waals surface area contributed by atoms with Gasteiger partial charge in [0.15, 0.2) is 0 Å². The van der Waals surface area contributed by atoms with E-state index in [1.54, 1.807) is 0 Å². The molecule has 1 atom stereocenters. The van der Waals surface area contributed by atoms with Crippen LogP contribution in [0.15, 0.2) is 24.3 Å². The summed E-state index contributed by atoms with van der Waals surface area (Å²) in [5.41, 5.74) is 2.04. The summed E-state index contributed by atoms with van der Waals surface area (Å²) in [6.45, 7) is 2.48. The Kier molecular flexibility index (Phi) is 3.30. The van der Waals surface area contributed by atoms with Gasteiger partial charge in [0.2, 0.25) is 0 Å². The summed E-state index contributed by atoms with van der Waals surface area (Å²) >= 11 is 8.72. The monoisotopic (exact) mass is 280 g/mol. The fourth-order valence-corrected chi connectivity index (χ4v) is 3.27. The molecule has 96 valence electrons. The van der Waals surface area contributed by atoms with Crippen molar-refractivity contribution in [3.05, 3.63) is 35.4 Å². The Bertz CT molecular complexity index is 478. The lowest BCUT2D eigenvalue weighted by molar-refractivity contribution is 0.0441. The van der Waals surface area contributed by atoms with E-state index < -0.39 is 0 Å². The van der Waals surface area contributed by atoms with Crippen molar-refractivity contribution >= 4 is 31.2 Å². The van der Waals surface area contributed by atoms with Crippen LogP contribution in [0.5, 0.6) is 0 Å². The van der Waals surface area contributed by atoms with Crippen LogP contribution in [-0.4, -0.2) is 46.1 Å². The van der Waals surface area contributed by atoms with E-state index in [1.807, 2.05) is 23.1 Å². The van der Waals surface area contributed by atoms with Crippen LogP contribution in [0, 0.1) is 0 Å². The molecule has 0 aromatic heterocycles. The number of fused-ring (bicyclic) bond motifs is 2. The smallest absolute Gasteiger partial charge is 0.254 e. The number of hydrogen-bond acceptors (Lipinski definition) is 4. The molecule has 0 spiro atoms. The topological polar surface area (TPSA) is 23.6 Å².